The Hall–Kier alpha value is -1.90. The zero-order valence-electron chi connectivity index (χ0n) is 8.53. The van der Waals surface area contributed by atoms with Crippen molar-refractivity contribution in [2.45, 2.75) is 13.3 Å². The third kappa shape index (κ3) is 2.13. The van der Waals surface area contributed by atoms with Gasteiger partial charge in [-0.05, 0) is 12.5 Å². The summed E-state index contributed by atoms with van der Waals surface area (Å²) < 4.78 is 0. The molecule has 0 radical (unpaired) electrons. The Kier molecular flexibility index (Phi) is 2.63. The number of aromatic amines is 1. The first-order valence-corrected chi connectivity index (χ1v) is 4.84. The third-order valence-electron chi connectivity index (χ3n) is 2.22. The maximum absolute atomic E-state index is 11.1. The van der Waals surface area contributed by atoms with E-state index in [1.807, 2.05) is 30.3 Å². The molecule has 1 heterocycles. The van der Waals surface area contributed by atoms with Gasteiger partial charge in [0.05, 0.1) is 11.9 Å². The Morgan fingerprint density at radius 1 is 1.33 bits per heavy atom. The first-order valence-electron chi connectivity index (χ1n) is 4.84. The molecule has 0 aliphatic carbocycles. The Morgan fingerprint density at radius 3 is 2.73 bits per heavy atom. The van der Waals surface area contributed by atoms with Crippen LogP contribution in [0.2, 0.25) is 0 Å². The number of ketones is 1. The molecule has 0 aliphatic heterocycles. The molecule has 0 unspecified atom stereocenters. The van der Waals surface area contributed by atoms with Crippen LogP contribution in [0.3, 0.4) is 0 Å². The first-order chi connectivity index (χ1) is 7.27. The molecule has 0 atom stereocenters. The lowest BCUT2D eigenvalue weighted by Gasteiger charge is -2.00. The van der Waals surface area contributed by atoms with Gasteiger partial charge in [0.1, 0.15) is 5.78 Å². The Balaban J connectivity index is 2.37. The molecule has 0 saturated carbocycles. The van der Waals surface area contributed by atoms with Crippen LogP contribution < -0.4 is 0 Å². The first kappa shape index (κ1) is 9.65. The second-order valence-electron chi connectivity index (χ2n) is 3.52. The number of aromatic nitrogens is 2. The highest BCUT2D eigenvalue weighted by Crippen LogP contribution is 2.20. The predicted octanol–water partition coefficient (Wildman–Crippen LogP) is 2.21. The molecule has 0 bridgehead atoms. The number of rotatable bonds is 3. The molecular formula is C12H12N2O. The molecule has 1 aromatic carbocycles. The highest BCUT2D eigenvalue weighted by atomic mass is 16.1. The van der Waals surface area contributed by atoms with E-state index in [1.165, 1.54) is 0 Å². The lowest BCUT2D eigenvalue weighted by molar-refractivity contribution is -0.116. The number of nitrogens with one attached hydrogen (secondary N) is 1. The molecule has 76 valence electrons. The smallest absolute Gasteiger partial charge is 0.134 e. The molecule has 1 aromatic heterocycles. The van der Waals surface area contributed by atoms with Gasteiger partial charge in [-0.25, -0.2) is 0 Å². The highest BCUT2D eigenvalue weighted by Gasteiger charge is 2.08. The van der Waals surface area contributed by atoms with Gasteiger partial charge in [-0.3, -0.25) is 9.89 Å². The maximum atomic E-state index is 11.1. The molecule has 3 nitrogen and oxygen atoms in total. The number of hydrogen-bond donors (Lipinski definition) is 1. The van der Waals surface area contributed by atoms with Gasteiger partial charge in [0.15, 0.2) is 0 Å². The van der Waals surface area contributed by atoms with Crippen molar-refractivity contribution in [2.75, 3.05) is 0 Å². The van der Waals surface area contributed by atoms with Crippen LogP contribution in [0.15, 0.2) is 36.5 Å². The number of nitrogens with zero attached hydrogens (tertiary/aromatic N) is 1. The molecule has 1 N–H and O–H groups in total. The molecular weight excluding hydrogens is 188 g/mol. The summed E-state index contributed by atoms with van der Waals surface area (Å²) in [6, 6.07) is 9.89. The summed E-state index contributed by atoms with van der Waals surface area (Å²) in [7, 11) is 0. The fourth-order valence-electron chi connectivity index (χ4n) is 1.57. The predicted molar refractivity (Wildman–Crippen MR) is 58.4 cm³/mol. The molecule has 0 amide bonds. The average molecular weight is 200 g/mol. The van der Waals surface area contributed by atoms with E-state index >= 15 is 0 Å². The van der Waals surface area contributed by atoms with Crippen LogP contribution in [0, 0.1) is 0 Å². The summed E-state index contributed by atoms with van der Waals surface area (Å²) in [5, 5.41) is 6.90. The summed E-state index contributed by atoms with van der Waals surface area (Å²) >= 11 is 0. The van der Waals surface area contributed by atoms with E-state index in [9.17, 15) is 4.79 Å². The second-order valence-corrected chi connectivity index (χ2v) is 3.52. The van der Waals surface area contributed by atoms with Crippen LogP contribution in [0.4, 0.5) is 0 Å². The molecule has 2 aromatic rings. The van der Waals surface area contributed by atoms with E-state index in [4.69, 9.17) is 0 Å². The molecule has 15 heavy (non-hydrogen) atoms. The number of Topliss-reactive ketones (excluding diaryl/α,β-unsaturated/α-hetero) is 1. The van der Waals surface area contributed by atoms with Crippen LogP contribution in [-0.2, 0) is 11.2 Å². The van der Waals surface area contributed by atoms with E-state index < -0.39 is 0 Å². The van der Waals surface area contributed by atoms with Gasteiger partial charge in [-0.1, -0.05) is 30.3 Å². The SMILES string of the molecule is CC(=O)Cc1cn[nH]c1-c1ccccc1. The third-order valence-corrected chi connectivity index (χ3v) is 2.22. The Bertz CT molecular complexity index is 459. The summed E-state index contributed by atoms with van der Waals surface area (Å²) in [6.07, 6.45) is 2.14. The minimum Gasteiger partial charge on any atom is -0.300 e. The van der Waals surface area contributed by atoms with Gasteiger partial charge in [-0.15, -0.1) is 0 Å². The van der Waals surface area contributed by atoms with E-state index in [0.717, 1.165) is 16.8 Å². The number of carbonyl (C=O) groups is 1. The van der Waals surface area contributed by atoms with Crippen LogP contribution in [0.25, 0.3) is 11.3 Å². The monoisotopic (exact) mass is 200 g/mol. The minimum absolute atomic E-state index is 0.147. The van der Waals surface area contributed by atoms with Crippen molar-refractivity contribution in [3.8, 4) is 11.3 Å². The zero-order valence-corrected chi connectivity index (χ0v) is 8.53. The number of hydrogen-bond acceptors (Lipinski definition) is 2. The second kappa shape index (κ2) is 4.09. The number of H-pyrrole nitrogens is 1. The standard InChI is InChI=1S/C12H12N2O/c1-9(15)7-11-8-13-14-12(11)10-5-3-2-4-6-10/h2-6,8H,7H2,1H3,(H,13,14). The van der Waals surface area contributed by atoms with E-state index in [1.54, 1.807) is 13.1 Å². The largest absolute Gasteiger partial charge is 0.300 e. The summed E-state index contributed by atoms with van der Waals surface area (Å²) in [5.41, 5.74) is 2.95. The minimum atomic E-state index is 0.147. The van der Waals surface area contributed by atoms with Crippen LogP contribution in [0.1, 0.15) is 12.5 Å². The van der Waals surface area contributed by atoms with Crippen molar-refractivity contribution < 1.29 is 4.79 Å². The lowest BCUT2D eigenvalue weighted by atomic mass is 10.0. The zero-order chi connectivity index (χ0) is 10.7. The Morgan fingerprint density at radius 2 is 2.07 bits per heavy atom. The van der Waals surface area contributed by atoms with Crippen LogP contribution in [-0.4, -0.2) is 16.0 Å². The van der Waals surface area contributed by atoms with Crippen molar-refractivity contribution in [1.82, 2.24) is 10.2 Å². The van der Waals surface area contributed by atoms with Crippen molar-refractivity contribution >= 4 is 5.78 Å². The molecule has 0 spiro atoms. The van der Waals surface area contributed by atoms with Gasteiger partial charge in [-0.2, -0.15) is 5.10 Å². The van der Waals surface area contributed by atoms with Crippen molar-refractivity contribution in [3.63, 3.8) is 0 Å². The molecule has 0 fully saturated rings. The maximum Gasteiger partial charge on any atom is 0.134 e. The van der Waals surface area contributed by atoms with Gasteiger partial charge < -0.3 is 0 Å². The molecule has 0 saturated heterocycles. The van der Waals surface area contributed by atoms with Crippen molar-refractivity contribution in [1.29, 1.82) is 0 Å². The summed E-state index contributed by atoms with van der Waals surface area (Å²) in [6.45, 7) is 1.59. The lowest BCUT2D eigenvalue weighted by Crippen LogP contribution is -1.96. The van der Waals surface area contributed by atoms with Crippen molar-refractivity contribution in [3.05, 3.63) is 42.1 Å². The fourth-order valence-corrected chi connectivity index (χ4v) is 1.57. The topological polar surface area (TPSA) is 45.8 Å². The quantitative estimate of drug-likeness (QED) is 0.825. The van der Waals surface area contributed by atoms with E-state index in [0.29, 0.717) is 6.42 Å². The molecule has 2 rings (SSSR count). The summed E-state index contributed by atoms with van der Waals surface area (Å²) in [5.74, 6) is 0.147. The highest BCUT2D eigenvalue weighted by molar-refractivity contribution is 5.80. The van der Waals surface area contributed by atoms with Crippen LogP contribution in [0.5, 0.6) is 0 Å². The summed E-state index contributed by atoms with van der Waals surface area (Å²) in [4.78, 5) is 11.1. The van der Waals surface area contributed by atoms with Gasteiger partial charge in [0, 0.05) is 12.0 Å². The van der Waals surface area contributed by atoms with E-state index in [-0.39, 0.29) is 5.78 Å². The van der Waals surface area contributed by atoms with Gasteiger partial charge in [0.2, 0.25) is 0 Å². The fraction of sp³-hybridized carbons (Fsp3) is 0.167. The molecule has 3 heteroatoms. The Labute approximate surface area is 88.1 Å². The van der Waals surface area contributed by atoms with Gasteiger partial charge in [0.25, 0.3) is 0 Å². The van der Waals surface area contributed by atoms with E-state index in [2.05, 4.69) is 10.2 Å². The normalized spacial score (nSPS) is 10.2. The van der Waals surface area contributed by atoms with Gasteiger partial charge >= 0.3 is 0 Å². The average Bonchev–Trinajstić information content (AvgIpc) is 2.66. The van der Waals surface area contributed by atoms with Crippen LogP contribution >= 0.6 is 0 Å². The number of carbonyl (C=O) groups excluding carboxylic acids is 1. The van der Waals surface area contributed by atoms with Crippen molar-refractivity contribution in [2.24, 2.45) is 0 Å². The molecule has 0 aliphatic rings. The number of benzene rings is 1.